The van der Waals surface area contributed by atoms with Gasteiger partial charge in [0.1, 0.15) is 24.8 Å². The van der Waals surface area contributed by atoms with Gasteiger partial charge in [-0.15, -0.1) is 0 Å². The number of benzene rings is 1. The summed E-state index contributed by atoms with van der Waals surface area (Å²) in [6.45, 7) is 2.78. The van der Waals surface area contributed by atoms with Gasteiger partial charge in [-0.3, -0.25) is 5.01 Å². The van der Waals surface area contributed by atoms with Crippen molar-refractivity contribution in [2.45, 2.75) is 6.92 Å². The molecule has 0 spiro atoms. The molecule has 0 saturated carbocycles. The number of hydrogen-bond donors (Lipinski definition) is 0. The molecule has 2 aromatic heterocycles. The van der Waals surface area contributed by atoms with Gasteiger partial charge in [0.05, 0.1) is 7.11 Å². The zero-order valence-electron chi connectivity index (χ0n) is 15.7. The van der Waals surface area contributed by atoms with E-state index in [0.29, 0.717) is 30.5 Å². The van der Waals surface area contributed by atoms with Crippen LogP contribution in [0.25, 0.3) is 22.6 Å². The van der Waals surface area contributed by atoms with Crippen LogP contribution in [0, 0.1) is 0 Å². The first kappa shape index (κ1) is 17.9. The third-order valence-electron chi connectivity index (χ3n) is 4.31. The summed E-state index contributed by atoms with van der Waals surface area (Å²) >= 11 is 0. The molecule has 4 rings (SSSR count). The molecule has 3 aromatic rings. The minimum atomic E-state index is -0.565. The Kier molecular flexibility index (Phi) is 4.66. The average Bonchev–Trinajstić information content (AvgIpc) is 3.07. The summed E-state index contributed by atoms with van der Waals surface area (Å²) in [6.07, 6.45) is 1.50. The second-order valence-electron chi connectivity index (χ2n) is 6.26. The zero-order valence-corrected chi connectivity index (χ0v) is 15.7. The molecule has 0 aliphatic carbocycles. The number of hydrogen-bond acceptors (Lipinski definition) is 9. The van der Waals surface area contributed by atoms with Crippen molar-refractivity contribution in [2.24, 2.45) is 5.10 Å². The highest BCUT2D eigenvalue weighted by molar-refractivity contribution is 5.99. The van der Waals surface area contributed by atoms with Gasteiger partial charge in [-0.05, 0) is 37.3 Å². The van der Waals surface area contributed by atoms with Gasteiger partial charge >= 0.3 is 5.97 Å². The standard InChI is InChI=1S/C19H19N5O4/c1-12-22-23(2)10-27-11-24(12)14-6-4-13(5-7-14)18-21-15-8-9-20-16(17(15)28-18)19(25)26-3/h4-9H,10-11H2,1-3H3. The zero-order chi connectivity index (χ0) is 19.7. The number of methoxy groups -OCH3 is 1. The fourth-order valence-electron chi connectivity index (χ4n) is 2.95. The molecule has 1 aliphatic rings. The summed E-state index contributed by atoms with van der Waals surface area (Å²) in [6, 6.07) is 9.36. The monoisotopic (exact) mass is 381 g/mol. The molecule has 9 heteroatoms. The molecule has 0 N–H and O–H groups in total. The van der Waals surface area contributed by atoms with Gasteiger partial charge in [-0.2, -0.15) is 5.10 Å². The number of amidine groups is 1. The maximum Gasteiger partial charge on any atom is 0.360 e. The molecule has 1 aromatic carbocycles. The first-order chi connectivity index (χ1) is 13.6. The van der Waals surface area contributed by atoms with Crippen LogP contribution in [-0.2, 0) is 9.47 Å². The van der Waals surface area contributed by atoms with Crippen molar-refractivity contribution in [1.29, 1.82) is 0 Å². The van der Waals surface area contributed by atoms with Gasteiger partial charge in [0.15, 0.2) is 11.3 Å². The highest BCUT2D eigenvalue weighted by Crippen LogP contribution is 2.28. The van der Waals surface area contributed by atoms with Crippen LogP contribution in [0.3, 0.4) is 0 Å². The molecule has 3 heterocycles. The third kappa shape index (κ3) is 3.27. The Morgan fingerprint density at radius 3 is 2.71 bits per heavy atom. The van der Waals surface area contributed by atoms with Crippen molar-refractivity contribution < 1.29 is 18.7 Å². The fourth-order valence-corrected chi connectivity index (χ4v) is 2.95. The quantitative estimate of drug-likeness (QED) is 0.639. The van der Waals surface area contributed by atoms with E-state index >= 15 is 0 Å². The number of carbonyl (C=O) groups excluding carboxylic acids is 1. The van der Waals surface area contributed by atoms with Crippen LogP contribution in [0.1, 0.15) is 17.4 Å². The van der Waals surface area contributed by atoms with Crippen LogP contribution in [0.2, 0.25) is 0 Å². The van der Waals surface area contributed by atoms with Crippen LogP contribution >= 0.6 is 0 Å². The number of oxazole rings is 1. The fraction of sp³-hybridized carbons (Fsp3) is 0.263. The lowest BCUT2D eigenvalue weighted by atomic mass is 10.2. The minimum Gasteiger partial charge on any atom is -0.464 e. The molecule has 0 fully saturated rings. The van der Waals surface area contributed by atoms with Crippen molar-refractivity contribution in [2.75, 3.05) is 32.5 Å². The highest BCUT2D eigenvalue weighted by atomic mass is 16.5. The molecule has 9 nitrogen and oxygen atoms in total. The van der Waals surface area contributed by atoms with E-state index in [1.807, 2.05) is 43.1 Å². The minimum absolute atomic E-state index is 0.105. The Balaban J connectivity index is 1.66. The van der Waals surface area contributed by atoms with Crippen LogP contribution in [0.4, 0.5) is 5.69 Å². The Morgan fingerprint density at radius 2 is 1.96 bits per heavy atom. The van der Waals surface area contributed by atoms with Crippen molar-refractivity contribution in [3.8, 4) is 11.5 Å². The molecule has 0 bridgehead atoms. The summed E-state index contributed by atoms with van der Waals surface area (Å²) in [4.78, 5) is 22.3. The number of carbonyl (C=O) groups is 1. The maximum atomic E-state index is 11.9. The molecular formula is C19H19N5O4. The summed E-state index contributed by atoms with van der Waals surface area (Å²) in [5, 5.41) is 6.19. The number of rotatable bonds is 3. The second-order valence-corrected chi connectivity index (χ2v) is 6.26. The lowest BCUT2D eigenvalue weighted by Gasteiger charge is -2.21. The molecule has 0 amide bonds. The van der Waals surface area contributed by atoms with E-state index in [2.05, 4.69) is 15.1 Å². The molecule has 0 atom stereocenters. The number of hydrazone groups is 1. The van der Waals surface area contributed by atoms with E-state index in [-0.39, 0.29) is 5.69 Å². The van der Waals surface area contributed by atoms with Gasteiger partial charge in [-0.1, -0.05) is 0 Å². The van der Waals surface area contributed by atoms with Crippen molar-refractivity contribution >= 4 is 28.6 Å². The maximum absolute atomic E-state index is 11.9. The van der Waals surface area contributed by atoms with E-state index in [1.165, 1.54) is 13.3 Å². The Bertz CT molecular complexity index is 1040. The average molecular weight is 381 g/mol. The summed E-state index contributed by atoms with van der Waals surface area (Å²) in [5.74, 6) is 0.671. The van der Waals surface area contributed by atoms with Crippen LogP contribution in [0.5, 0.6) is 0 Å². The van der Waals surface area contributed by atoms with E-state index in [1.54, 1.807) is 11.1 Å². The largest absolute Gasteiger partial charge is 0.464 e. The second kappa shape index (κ2) is 7.28. The number of nitrogens with zero attached hydrogens (tertiary/aromatic N) is 5. The highest BCUT2D eigenvalue weighted by Gasteiger charge is 2.19. The van der Waals surface area contributed by atoms with E-state index in [9.17, 15) is 4.79 Å². The van der Waals surface area contributed by atoms with Gasteiger partial charge in [0, 0.05) is 24.5 Å². The number of esters is 1. The number of pyridine rings is 1. The molecule has 144 valence electrons. The molecule has 28 heavy (non-hydrogen) atoms. The van der Waals surface area contributed by atoms with Gasteiger partial charge < -0.3 is 18.8 Å². The van der Waals surface area contributed by atoms with Crippen LogP contribution < -0.4 is 4.90 Å². The molecule has 0 saturated heterocycles. The van der Waals surface area contributed by atoms with Gasteiger partial charge in [0.2, 0.25) is 5.89 Å². The lowest BCUT2D eigenvalue weighted by molar-refractivity contribution is 0.0570. The molecular weight excluding hydrogens is 362 g/mol. The summed E-state index contributed by atoms with van der Waals surface area (Å²) < 4.78 is 16.2. The smallest absolute Gasteiger partial charge is 0.360 e. The van der Waals surface area contributed by atoms with Crippen molar-refractivity contribution in [3.05, 3.63) is 42.2 Å². The molecule has 1 aliphatic heterocycles. The normalized spacial score (nSPS) is 14.8. The van der Waals surface area contributed by atoms with Crippen molar-refractivity contribution in [1.82, 2.24) is 15.0 Å². The van der Waals surface area contributed by atoms with Crippen LogP contribution in [0.15, 0.2) is 46.0 Å². The van der Waals surface area contributed by atoms with E-state index < -0.39 is 5.97 Å². The van der Waals surface area contributed by atoms with Gasteiger partial charge in [0.25, 0.3) is 0 Å². The van der Waals surface area contributed by atoms with E-state index in [4.69, 9.17) is 13.9 Å². The Hall–Kier alpha value is -3.46. The number of aromatic nitrogens is 2. The lowest BCUT2D eigenvalue weighted by Crippen LogP contribution is -2.29. The summed E-state index contributed by atoms with van der Waals surface area (Å²) in [5.41, 5.74) is 2.67. The van der Waals surface area contributed by atoms with E-state index in [0.717, 1.165) is 17.1 Å². The predicted molar refractivity (Wildman–Crippen MR) is 103 cm³/mol. The topological polar surface area (TPSA) is 93.3 Å². The number of fused-ring (bicyclic) bond motifs is 1. The van der Waals surface area contributed by atoms with Crippen LogP contribution in [-0.4, -0.2) is 54.4 Å². The number of anilines is 1. The first-order valence-electron chi connectivity index (χ1n) is 8.62. The number of ether oxygens (including phenoxy) is 2. The first-order valence-corrected chi connectivity index (χ1v) is 8.62. The van der Waals surface area contributed by atoms with Crippen molar-refractivity contribution in [3.63, 3.8) is 0 Å². The van der Waals surface area contributed by atoms with Gasteiger partial charge in [-0.25, -0.2) is 14.8 Å². The Labute approximate surface area is 161 Å². The third-order valence-corrected chi connectivity index (χ3v) is 4.31. The molecule has 0 unspecified atom stereocenters. The molecule has 0 radical (unpaired) electrons. The Morgan fingerprint density at radius 1 is 1.18 bits per heavy atom. The predicted octanol–water partition coefficient (Wildman–Crippen LogP) is 2.69. The SMILES string of the molecule is COC(=O)c1nccc2nc(-c3ccc(N4COCN(C)N=C4C)cc3)oc12. The summed E-state index contributed by atoms with van der Waals surface area (Å²) in [7, 11) is 3.16.